The van der Waals surface area contributed by atoms with Crippen molar-refractivity contribution in [1.82, 2.24) is 5.32 Å². The van der Waals surface area contributed by atoms with E-state index in [1.54, 1.807) is 0 Å². The minimum Gasteiger partial charge on any atom is -0.480 e. The first-order valence-electron chi connectivity index (χ1n) is 7.72. The number of carbonyl (C=O) groups excluding carboxylic acids is 1. The largest absolute Gasteiger partial charge is 0.480 e. The van der Waals surface area contributed by atoms with Crippen molar-refractivity contribution in [2.45, 2.75) is 44.4 Å². The lowest BCUT2D eigenvalue weighted by Crippen LogP contribution is -2.47. The van der Waals surface area contributed by atoms with Gasteiger partial charge in [0.15, 0.2) is 0 Å². The molecule has 2 atom stereocenters. The van der Waals surface area contributed by atoms with Crippen molar-refractivity contribution < 1.29 is 27.9 Å². The van der Waals surface area contributed by atoms with Crippen LogP contribution >= 0.6 is 0 Å². The molecule has 132 valence electrons. The molecule has 1 fully saturated rings. The summed E-state index contributed by atoms with van der Waals surface area (Å²) in [5.41, 5.74) is -1.07. The fourth-order valence-electron chi connectivity index (χ4n) is 2.83. The Bertz CT molecular complexity index is 619. The number of hydrogen-bond acceptors (Lipinski definition) is 3. The average molecular weight is 344 g/mol. The van der Waals surface area contributed by atoms with E-state index in [0.717, 1.165) is 11.0 Å². The molecule has 1 heterocycles. The third kappa shape index (κ3) is 3.87. The molecule has 8 heteroatoms. The highest BCUT2D eigenvalue weighted by Gasteiger charge is 2.40. The molecular formula is C16H19F3N2O3. The van der Waals surface area contributed by atoms with Gasteiger partial charge >= 0.3 is 12.1 Å². The fraction of sp³-hybridized carbons (Fsp3) is 0.500. The minimum absolute atomic E-state index is 0.113. The second kappa shape index (κ2) is 7.21. The topological polar surface area (TPSA) is 69.6 Å². The Balaban J connectivity index is 2.19. The maximum Gasteiger partial charge on any atom is 0.418 e. The number of aliphatic carboxylic acids is 1. The third-order valence-corrected chi connectivity index (χ3v) is 3.98. The summed E-state index contributed by atoms with van der Waals surface area (Å²) in [6, 6.07) is 3.21. The van der Waals surface area contributed by atoms with Gasteiger partial charge in [0.1, 0.15) is 6.04 Å². The van der Waals surface area contributed by atoms with Gasteiger partial charge in [0.05, 0.1) is 17.3 Å². The van der Waals surface area contributed by atoms with Crippen molar-refractivity contribution in [3.63, 3.8) is 0 Å². The number of carboxylic acid groups (broad SMARTS) is 1. The van der Waals surface area contributed by atoms with Crippen molar-refractivity contribution >= 4 is 17.6 Å². The second-order valence-corrected chi connectivity index (χ2v) is 5.69. The normalized spacial score (nSPS) is 19.6. The van der Waals surface area contributed by atoms with Gasteiger partial charge in [-0.2, -0.15) is 13.2 Å². The molecule has 0 saturated carbocycles. The second-order valence-electron chi connectivity index (χ2n) is 5.69. The highest BCUT2D eigenvalue weighted by molar-refractivity contribution is 6.00. The lowest BCUT2D eigenvalue weighted by Gasteiger charge is -2.22. The highest BCUT2D eigenvalue weighted by Crippen LogP contribution is 2.37. The van der Waals surface area contributed by atoms with E-state index in [1.807, 2.05) is 6.92 Å². The standard InChI is InChI=1S/C16H19F3N2O3/c1-2-5-12(15(23)24)20-11-8-9-21(14(11)22)13-7-4-3-6-10(13)16(17,18)19/h3-4,6-7,11-12,20H,2,5,8-9H2,1H3,(H,23,24). The number of amides is 1. The molecule has 2 unspecified atom stereocenters. The zero-order chi connectivity index (χ0) is 17.9. The molecule has 2 N–H and O–H groups in total. The summed E-state index contributed by atoms with van der Waals surface area (Å²) in [4.78, 5) is 24.7. The molecule has 1 amide bonds. The van der Waals surface area contributed by atoms with E-state index in [9.17, 15) is 22.8 Å². The molecule has 1 aliphatic heterocycles. The quantitative estimate of drug-likeness (QED) is 0.832. The molecule has 0 bridgehead atoms. The van der Waals surface area contributed by atoms with Crippen LogP contribution in [-0.4, -0.2) is 35.6 Å². The Morgan fingerprint density at radius 1 is 1.42 bits per heavy atom. The summed E-state index contributed by atoms with van der Waals surface area (Å²) < 4.78 is 39.3. The summed E-state index contributed by atoms with van der Waals surface area (Å²) in [5.74, 6) is -1.60. The van der Waals surface area contributed by atoms with Crippen LogP contribution in [0, 0.1) is 0 Å². The first-order chi connectivity index (χ1) is 11.3. The Morgan fingerprint density at radius 2 is 2.08 bits per heavy atom. The number of benzene rings is 1. The SMILES string of the molecule is CCCC(NC1CCN(c2ccccc2C(F)(F)F)C1=O)C(=O)O. The van der Waals surface area contributed by atoms with Crippen LogP contribution in [-0.2, 0) is 15.8 Å². The lowest BCUT2D eigenvalue weighted by atomic mass is 10.1. The van der Waals surface area contributed by atoms with Gasteiger partial charge in [-0.15, -0.1) is 0 Å². The molecule has 0 aromatic heterocycles. The molecule has 2 rings (SSSR count). The number of nitrogens with zero attached hydrogens (tertiary/aromatic N) is 1. The first-order valence-corrected chi connectivity index (χ1v) is 7.72. The molecule has 5 nitrogen and oxygen atoms in total. The van der Waals surface area contributed by atoms with Crippen LogP contribution in [0.5, 0.6) is 0 Å². The van der Waals surface area contributed by atoms with Gasteiger partial charge < -0.3 is 10.0 Å². The van der Waals surface area contributed by atoms with Gasteiger partial charge in [-0.1, -0.05) is 25.5 Å². The summed E-state index contributed by atoms with van der Waals surface area (Å²) in [6.07, 6.45) is -3.34. The minimum atomic E-state index is -4.56. The van der Waals surface area contributed by atoms with Crippen molar-refractivity contribution in [3.05, 3.63) is 29.8 Å². The Morgan fingerprint density at radius 3 is 2.67 bits per heavy atom. The lowest BCUT2D eigenvalue weighted by molar-refractivity contribution is -0.140. The van der Waals surface area contributed by atoms with Gasteiger partial charge in [-0.3, -0.25) is 14.9 Å². The monoisotopic (exact) mass is 344 g/mol. The van der Waals surface area contributed by atoms with Crippen LogP contribution in [0.15, 0.2) is 24.3 Å². The molecule has 0 aliphatic carbocycles. The number of carboxylic acids is 1. The molecule has 0 radical (unpaired) electrons. The predicted octanol–water partition coefficient (Wildman–Crippen LogP) is 2.65. The van der Waals surface area contributed by atoms with Gasteiger partial charge in [-0.05, 0) is 25.0 Å². The van der Waals surface area contributed by atoms with Crippen LogP contribution in [0.2, 0.25) is 0 Å². The number of alkyl halides is 3. The Hall–Kier alpha value is -2.09. The molecule has 0 spiro atoms. The van der Waals surface area contributed by atoms with Gasteiger partial charge in [-0.25, -0.2) is 0 Å². The van der Waals surface area contributed by atoms with Crippen molar-refractivity contribution in [3.8, 4) is 0 Å². The van der Waals surface area contributed by atoms with E-state index in [4.69, 9.17) is 5.11 Å². The maximum atomic E-state index is 13.1. The van der Waals surface area contributed by atoms with Crippen LogP contribution in [0.4, 0.5) is 18.9 Å². The fourth-order valence-corrected chi connectivity index (χ4v) is 2.83. The van der Waals surface area contributed by atoms with Crippen LogP contribution in [0.25, 0.3) is 0 Å². The van der Waals surface area contributed by atoms with Crippen LogP contribution < -0.4 is 10.2 Å². The number of halogens is 3. The van der Waals surface area contributed by atoms with Crippen molar-refractivity contribution in [2.24, 2.45) is 0 Å². The van der Waals surface area contributed by atoms with E-state index in [1.165, 1.54) is 18.2 Å². The average Bonchev–Trinajstić information content (AvgIpc) is 2.87. The predicted molar refractivity (Wildman–Crippen MR) is 81.7 cm³/mol. The summed E-state index contributed by atoms with van der Waals surface area (Å²) in [6.45, 7) is 1.93. The summed E-state index contributed by atoms with van der Waals surface area (Å²) >= 11 is 0. The molecule has 1 aromatic carbocycles. The first kappa shape index (κ1) is 18.3. The summed E-state index contributed by atoms with van der Waals surface area (Å²) in [7, 11) is 0. The molecule has 1 aromatic rings. The van der Waals surface area contributed by atoms with Crippen LogP contribution in [0.1, 0.15) is 31.7 Å². The van der Waals surface area contributed by atoms with Gasteiger partial charge in [0, 0.05) is 6.54 Å². The Labute approximate surface area is 137 Å². The Kier molecular flexibility index (Phi) is 5.48. The van der Waals surface area contributed by atoms with E-state index < -0.39 is 35.7 Å². The van der Waals surface area contributed by atoms with E-state index >= 15 is 0 Å². The van der Waals surface area contributed by atoms with E-state index in [0.29, 0.717) is 12.8 Å². The van der Waals surface area contributed by atoms with Crippen molar-refractivity contribution in [2.75, 3.05) is 11.4 Å². The highest BCUT2D eigenvalue weighted by atomic mass is 19.4. The smallest absolute Gasteiger partial charge is 0.418 e. The summed E-state index contributed by atoms with van der Waals surface area (Å²) in [5, 5.41) is 11.9. The molecule has 24 heavy (non-hydrogen) atoms. The number of hydrogen-bond donors (Lipinski definition) is 2. The number of carbonyl (C=O) groups is 2. The zero-order valence-corrected chi connectivity index (χ0v) is 13.1. The molecular weight excluding hydrogens is 325 g/mol. The maximum absolute atomic E-state index is 13.1. The van der Waals surface area contributed by atoms with Gasteiger partial charge in [0.2, 0.25) is 5.91 Å². The number of nitrogens with one attached hydrogen (secondary N) is 1. The molecule has 1 saturated heterocycles. The molecule has 1 aliphatic rings. The third-order valence-electron chi connectivity index (χ3n) is 3.98. The number of para-hydroxylation sites is 1. The van der Waals surface area contributed by atoms with Gasteiger partial charge in [0.25, 0.3) is 0 Å². The number of rotatable bonds is 6. The number of anilines is 1. The van der Waals surface area contributed by atoms with Crippen LogP contribution in [0.3, 0.4) is 0 Å². The van der Waals surface area contributed by atoms with E-state index in [-0.39, 0.29) is 18.7 Å². The van der Waals surface area contributed by atoms with E-state index in [2.05, 4.69) is 5.32 Å². The van der Waals surface area contributed by atoms with Crippen molar-refractivity contribution in [1.29, 1.82) is 0 Å². The zero-order valence-electron chi connectivity index (χ0n) is 13.1.